The average molecular weight is 260 g/mol. The quantitative estimate of drug-likeness (QED) is 0.396. The molecule has 1 atom stereocenters. The van der Waals surface area contributed by atoms with E-state index in [1.54, 1.807) is 0 Å². The standard InChI is InChI=1S/C14H16N2O3/c1-2-8-15-14(18)12(10-13(17)16-19)9-11-6-4-3-5-7-11/h1,3-7,12,19H,8-10H2,(H,15,18)(H,16,17). The van der Waals surface area contributed by atoms with E-state index >= 15 is 0 Å². The highest BCUT2D eigenvalue weighted by molar-refractivity contribution is 5.85. The van der Waals surface area contributed by atoms with Crippen LogP contribution in [0.3, 0.4) is 0 Å². The highest BCUT2D eigenvalue weighted by atomic mass is 16.5. The summed E-state index contributed by atoms with van der Waals surface area (Å²) in [4.78, 5) is 23.1. The van der Waals surface area contributed by atoms with E-state index in [9.17, 15) is 9.59 Å². The molecule has 0 aromatic heterocycles. The lowest BCUT2D eigenvalue weighted by Gasteiger charge is -2.15. The molecule has 1 rings (SSSR count). The molecule has 0 aliphatic heterocycles. The summed E-state index contributed by atoms with van der Waals surface area (Å²) in [6.07, 6.45) is 5.38. The first-order chi connectivity index (χ1) is 9.17. The van der Waals surface area contributed by atoms with Crippen molar-refractivity contribution in [3.63, 3.8) is 0 Å². The van der Waals surface area contributed by atoms with E-state index in [0.717, 1.165) is 5.56 Å². The molecule has 0 saturated heterocycles. The third-order valence-corrected chi connectivity index (χ3v) is 2.62. The van der Waals surface area contributed by atoms with Gasteiger partial charge in [0.1, 0.15) is 0 Å². The summed E-state index contributed by atoms with van der Waals surface area (Å²) < 4.78 is 0. The molecule has 0 spiro atoms. The van der Waals surface area contributed by atoms with Crippen molar-refractivity contribution in [3.05, 3.63) is 35.9 Å². The molecule has 0 heterocycles. The molecule has 3 N–H and O–H groups in total. The van der Waals surface area contributed by atoms with Crippen LogP contribution in [0.4, 0.5) is 0 Å². The molecule has 5 heteroatoms. The zero-order chi connectivity index (χ0) is 14.1. The van der Waals surface area contributed by atoms with E-state index in [-0.39, 0.29) is 18.9 Å². The van der Waals surface area contributed by atoms with Crippen molar-refractivity contribution < 1.29 is 14.8 Å². The second-order valence-electron chi connectivity index (χ2n) is 4.05. The van der Waals surface area contributed by atoms with Crippen molar-refractivity contribution in [2.24, 2.45) is 5.92 Å². The van der Waals surface area contributed by atoms with Crippen LogP contribution in [0.2, 0.25) is 0 Å². The molecule has 1 aromatic carbocycles. The maximum absolute atomic E-state index is 11.9. The van der Waals surface area contributed by atoms with E-state index in [0.29, 0.717) is 6.42 Å². The first kappa shape index (κ1) is 14.7. The largest absolute Gasteiger partial charge is 0.345 e. The van der Waals surface area contributed by atoms with E-state index in [1.165, 1.54) is 5.48 Å². The maximum Gasteiger partial charge on any atom is 0.244 e. The highest BCUT2D eigenvalue weighted by Gasteiger charge is 2.21. The Labute approximate surface area is 112 Å². The fraction of sp³-hybridized carbons (Fsp3) is 0.286. The number of carbonyl (C=O) groups is 2. The van der Waals surface area contributed by atoms with Gasteiger partial charge in [0, 0.05) is 6.42 Å². The third kappa shape index (κ3) is 5.23. The summed E-state index contributed by atoms with van der Waals surface area (Å²) in [6.45, 7) is 0.116. The summed E-state index contributed by atoms with van der Waals surface area (Å²) in [6, 6.07) is 9.34. The number of benzene rings is 1. The van der Waals surface area contributed by atoms with Gasteiger partial charge in [-0.25, -0.2) is 5.48 Å². The monoisotopic (exact) mass is 260 g/mol. The van der Waals surface area contributed by atoms with Crippen molar-refractivity contribution in [1.29, 1.82) is 0 Å². The van der Waals surface area contributed by atoms with Crippen LogP contribution >= 0.6 is 0 Å². The molecular weight excluding hydrogens is 244 g/mol. The number of hydroxylamine groups is 1. The molecule has 1 aromatic rings. The fourth-order valence-electron chi connectivity index (χ4n) is 1.71. The molecular formula is C14H16N2O3. The zero-order valence-electron chi connectivity index (χ0n) is 10.4. The van der Waals surface area contributed by atoms with Gasteiger partial charge >= 0.3 is 0 Å². The Morgan fingerprint density at radius 1 is 1.32 bits per heavy atom. The van der Waals surface area contributed by atoms with Gasteiger partial charge in [0.25, 0.3) is 0 Å². The van der Waals surface area contributed by atoms with Gasteiger partial charge in [-0.05, 0) is 12.0 Å². The number of nitrogens with one attached hydrogen (secondary N) is 2. The van der Waals surface area contributed by atoms with Crippen LogP contribution < -0.4 is 10.8 Å². The second kappa shape index (κ2) is 7.90. The molecule has 2 amide bonds. The Hall–Kier alpha value is -2.32. The SMILES string of the molecule is C#CCNC(=O)C(CC(=O)NO)Cc1ccccc1. The number of terminal acetylenes is 1. The average Bonchev–Trinajstić information content (AvgIpc) is 2.44. The van der Waals surface area contributed by atoms with Crippen LogP contribution in [-0.2, 0) is 16.0 Å². The van der Waals surface area contributed by atoms with E-state index in [2.05, 4.69) is 11.2 Å². The Balaban J connectivity index is 2.71. The smallest absolute Gasteiger partial charge is 0.244 e. The lowest BCUT2D eigenvalue weighted by molar-refractivity contribution is -0.134. The van der Waals surface area contributed by atoms with Crippen LogP contribution in [0.5, 0.6) is 0 Å². The van der Waals surface area contributed by atoms with Gasteiger partial charge in [-0.15, -0.1) is 6.42 Å². The topological polar surface area (TPSA) is 78.4 Å². The van der Waals surface area contributed by atoms with Crippen molar-refractivity contribution in [3.8, 4) is 12.3 Å². The van der Waals surface area contributed by atoms with Gasteiger partial charge in [-0.3, -0.25) is 14.8 Å². The first-order valence-electron chi connectivity index (χ1n) is 5.85. The normalized spacial score (nSPS) is 11.2. The Kier molecular flexibility index (Phi) is 6.13. The molecule has 0 radical (unpaired) electrons. The summed E-state index contributed by atoms with van der Waals surface area (Å²) in [5, 5.41) is 11.1. The van der Waals surface area contributed by atoms with E-state index < -0.39 is 11.8 Å². The number of carbonyl (C=O) groups excluding carboxylic acids is 2. The predicted molar refractivity (Wildman–Crippen MR) is 70.0 cm³/mol. The zero-order valence-corrected chi connectivity index (χ0v) is 10.4. The Morgan fingerprint density at radius 3 is 2.58 bits per heavy atom. The molecule has 100 valence electrons. The lowest BCUT2D eigenvalue weighted by Crippen LogP contribution is -2.35. The molecule has 0 aliphatic rings. The van der Waals surface area contributed by atoms with Gasteiger partial charge in [0.05, 0.1) is 12.5 Å². The summed E-state index contributed by atoms with van der Waals surface area (Å²) >= 11 is 0. The Morgan fingerprint density at radius 2 is 2.00 bits per heavy atom. The molecule has 0 bridgehead atoms. The minimum atomic E-state index is -0.600. The first-order valence-corrected chi connectivity index (χ1v) is 5.85. The van der Waals surface area contributed by atoms with E-state index in [4.69, 9.17) is 11.6 Å². The van der Waals surface area contributed by atoms with Crippen molar-refractivity contribution in [1.82, 2.24) is 10.8 Å². The molecule has 0 fully saturated rings. The molecule has 0 aliphatic carbocycles. The second-order valence-corrected chi connectivity index (χ2v) is 4.05. The maximum atomic E-state index is 11.9. The fourth-order valence-corrected chi connectivity index (χ4v) is 1.71. The van der Waals surface area contributed by atoms with Crippen LogP contribution in [0.1, 0.15) is 12.0 Å². The number of hydrogen-bond donors (Lipinski definition) is 3. The summed E-state index contributed by atoms with van der Waals surface area (Å²) in [5.74, 6) is 0.835. The number of hydrogen-bond acceptors (Lipinski definition) is 3. The van der Waals surface area contributed by atoms with Crippen LogP contribution in [-0.4, -0.2) is 23.6 Å². The van der Waals surface area contributed by atoms with Gasteiger partial charge < -0.3 is 5.32 Å². The van der Waals surface area contributed by atoms with Gasteiger partial charge in [0.15, 0.2) is 0 Å². The lowest BCUT2D eigenvalue weighted by atomic mass is 9.95. The molecule has 19 heavy (non-hydrogen) atoms. The molecule has 0 saturated carbocycles. The van der Waals surface area contributed by atoms with Crippen molar-refractivity contribution in [2.75, 3.05) is 6.54 Å². The van der Waals surface area contributed by atoms with E-state index in [1.807, 2.05) is 30.3 Å². The summed E-state index contributed by atoms with van der Waals surface area (Å²) in [7, 11) is 0. The number of rotatable bonds is 6. The van der Waals surface area contributed by atoms with Gasteiger partial charge in [0.2, 0.25) is 11.8 Å². The third-order valence-electron chi connectivity index (χ3n) is 2.62. The number of amides is 2. The predicted octanol–water partition coefficient (Wildman–Crippen LogP) is 0.490. The molecule has 5 nitrogen and oxygen atoms in total. The van der Waals surface area contributed by atoms with Crippen LogP contribution in [0.15, 0.2) is 30.3 Å². The highest BCUT2D eigenvalue weighted by Crippen LogP contribution is 2.12. The van der Waals surface area contributed by atoms with Crippen molar-refractivity contribution >= 4 is 11.8 Å². The van der Waals surface area contributed by atoms with Gasteiger partial charge in [-0.1, -0.05) is 36.3 Å². The minimum absolute atomic E-state index is 0.0954. The minimum Gasteiger partial charge on any atom is -0.345 e. The van der Waals surface area contributed by atoms with Crippen LogP contribution in [0.25, 0.3) is 0 Å². The summed E-state index contributed by atoms with van der Waals surface area (Å²) in [5.41, 5.74) is 2.47. The Bertz CT molecular complexity index is 465. The molecule has 1 unspecified atom stereocenters. The van der Waals surface area contributed by atoms with Crippen LogP contribution in [0, 0.1) is 18.3 Å². The van der Waals surface area contributed by atoms with Gasteiger partial charge in [-0.2, -0.15) is 0 Å². The van der Waals surface area contributed by atoms with Crippen molar-refractivity contribution in [2.45, 2.75) is 12.8 Å².